The summed E-state index contributed by atoms with van der Waals surface area (Å²) in [5.74, 6) is -1.34. The molecule has 0 saturated heterocycles. The number of benzene rings is 1. The topological polar surface area (TPSA) is 150 Å². The number of carbonyl (C=O) groups excluding carboxylic acids is 4. The summed E-state index contributed by atoms with van der Waals surface area (Å²) in [6, 6.07) is 3.16. The van der Waals surface area contributed by atoms with Crippen molar-refractivity contribution in [2.24, 2.45) is 11.1 Å². The number of rotatable bonds is 10. The van der Waals surface area contributed by atoms with Crippen molar-refractivity contribution in [3.05, 3.63) is 23.8 Å². The Morgan fingerprint density at radius 1 is 0.912 bits per heavy atom. The smallest absolute Gasteiger partial charge is 0.458 e. The fourth-order valence-electron chi connectivity index (χ4n) is 2.38. The SMILES string of the molecule is CCC(C)(C)C(=O)O[C@@H](C)[C@H](C)OC(=O)[C@@H](N)Cc1ccc(OC(=O)OC)c(OC(=O)OC)c1. The van der Waals surface area contributed by atoms with Gasteiger partial charge in [0, 0.05) is 0 Å². The van der Waals surface area contributed by atoms with Crippen molar-refractivity contribution in [2.75, 3.05) is 14.2 Å². The third-order valence-corrected chi connectivity index (χ3v) is 5.18. The minimum Gasteiger partial charge on any atom is -0.458 e. The molecule has 0 aliphatic heterocycles. The third kappa shape index (κ3) is 8.54. The Labute approximate surface area is 198 Å². The van der Waals surface area contributed by atoms with Gasteiger partial charge in [-0.1, -0.05) is 13.0 Å². The number of hydrogen-bond acceptors (Lipinski definition) is 11. The maximum absolute atomic E-state index is 12.5. The second-order valence-corrected chi connectivity index (χ2v) is 8.19. The van der Waals surface area contributed by atoms with Crippen LogP contribution in [0.1, 0.15) is 46.6 Å². The molecule has 1 aromatic rings. The molecule has 0 bridgehead atoms. The molecule has 34 heavy (non-hydrogen) atoms. The van der Waals surface area contributed by atoms with E-state index in [0.717, 1.165) is 14.2 Å². The largest absolute Gasteiger partial charge is 0.513 e. The van der Waals surface area contributed by atoms with E-state index in [1.807, 2.05) is 6.92 Å². The van der Waals surface area contributed by atoms with Gasteiger partial charge in [-0.05, 0) is 58.2 Å². The first kappa shape index (κ1) is 28.7. The van der Waals surface area contributed by atoms with Gasteiger partial charge in [-0.15, -0.1) is 0 Å². The van der Waals surface area contributed by atoms with E-state index in [1.54, 1.807) is 27.7 Å². The van der Waals surface area contributed by atoms with Crippen molar-refractivity contribution in [2.45, 2.75) is 65.7 Å². The van der Waals surface area contributed by atoms with Crippen LogP contribution < -0.4 is 15.2 Å². The summed E-state index contributed by atoms with van der Waals surface area (Å²) in [7, 11) is 2.23. The lowest BCUT2D eigenvalue weighted by molar-refractivity contribution is -0.172. The zero-order chi connectivity index (χ0) is 26.1. The molecular weight excluding hydrogens is 450 g/mol. The van der Waals surface area contributed by atoms with Gasteiger partial charge in [-0.3, -0.25) is 9.59 Å². The van der Waals surface area contributed by atoms with Crippen LogP contribution in [0.15, 0.2) is 18.2 Å². The second-order valence-electron chi connectivity index (χ2n) is 8.19. The molecule has 0 aliphatic rings. The van der Waals surface area contributed by atoms with Crippen molar-refractivity contribution in [3.63, 3.8) is 0 Å². The molecule has 2 N–H and O–H groups in total. The van der Waals surface area contributed by atoms with Crippen molar-refractivity contribution in [3.8, 4) is 11.5 Å². The molecule has 11 nitrogen and oxygen atoms in total. The number of hydrogen-bond donors (Lipinski definition) is 1. The molecule has 0 saturated carbocycles. The monoisotopic (exact) mass is 483 g/mol. The van der Waals surface area contributed by atoms with Crippen molar-refractivity contribution in [1.82, 2.24) is 0 Å². The zero-order valence-electron chi connectivity index (χ0n) is 20.5. The average molecular weight is 484 g/mol. The maximum atomic E-state index is 12.5. The predicted molar refractivity (Wildman–Crippen MR) is 119 cm³/mol. The molecule has 0 aliphatic carbocycles. The fraction of sp³-hybridized carbons (Fsp3) is 0.565. The highest BCUT2D eigenvalue weighted by molar-refractivity contribution is 5.77. The summed E-state index contributed by atoms with van der Waals surface area (Å²) in [6.07, 6.45) is -2.86. The van der Waals surface area contributed by atoms with E-state index in [9.17, 15) is 19.2 Å². The number of methoxy groups -OCH3 is 2. The molecule has 11 heteroatoms. The third-order valence-electron chi connectivity index (χ3n) is 5.18. The van der Waals surface area contributed by atoms with E-state index in [1.165, 1.54) is 18.2 Å². The standard InChI is InChI=1S/C23H33NO10/c1-8-23(4,5)20(26)32-14(3)13(2)31-19(25)16(24)11-15-9-10-17(33-21(27)29-6)18(12-15)34-22(28)30-7/h9-10,12-14,16H,8,11,24H2,1-7H3/t13-,14-,16-/m0/s1. The minimum atomic E-state index is -1.07. The Hall–Kier alpha value is -3.34. The first-order chi connectivity index (χ1) is 15.8. The molecule has 1 rings (SSSR count). The van der Waals surface area contributed by atoms with Gasteiger partial charge in [0.25, 0.3) is 0 Å². The molecule has 0 heterocycles. The van der Waals surface area contributed by atoms with Crippen LogP contribution in [-0.2, 0) is 35.0 Å². The average Bonchev–Trinajstić information content (AvgIpc) is 2.79. The van der Waals surface area contributed by atoms with Crippen LogP contribution >= 0.6 is 0 Å². The van der Waals surface area contributed by atoms with Crippen molar-refractivity contribution >= 4 is 24.2 Å². The molecule has 0 fully saturated rings. The number of ether oxygens (including phenoxy) is 6. The highest BCUT2D eigenvalue weighted by atomic mass is 16.7. The lowest BCUT2D eigenvalue weighted by Gasteiger charge is -2.27. The van der Waals surface area contributed by atoms with Crippen LogP contribution in [0.2, 0.25) is 0 Å². The molecule has 0 aromatic heterocycles. The van der Waals surface area contributed by atoms with Gasteiger partial charge >= 0.3 is 24.2 Å². The van der Waals surface area contributed by atoms with Gasteiger partial charge in [0.05, 0.1) is 19.6 Å². The Balaban J connectivity index is 2.85. The van der Waals surface area contributed by atoms with E-state index < -0.39 is 41.9 Å². The highest BCUT2D eigenvalue weighted by Gasteiger charge is 2.31. The van der Waals surface area contributed by atoms with E-state index in [4.69, 9.17) is 24.7 Å². The van der Waals surface area contributed by atoms with Gasteiger partial charge in [0.2, 0.25) is 0 Å². The molecule has 0 spiro atoms. The van der Waals surface area contributed by atoms with Crippen LogP contribution in [0.3, 0.4) is 0 Å². The van der Waals surface area contributed by atoms with Gasteiger partial charge in [0.1, 0.15) is 18.2 Å². The number of nitrogens with two attached hydrogens (primary N) is 1. The highest BCUT2D eigenvalue weighted by Crippen LogP contribution is 2.30. The zero-order valence-corrected chi connectivity index (χ0v) is 20.5. The van der Waals surface area contributed by atoms with Crippen LogP contribution in [0, 0.1) is 5.41 Å². The van der Waals surface area contributed by atoms with Crippen molar-refractivity contribution < 1.29 is 47.6 Å². The van der Waals surface area contributed by atoms with Crippen LogP contribution in [0.4, 0.5) is 9.59 Å². The van der Waals surface area contributed by atoms with Crippen molar-refractivity contribution in [1.29, 1.82) is 0 Å². The summed E-state index contributed by atoms with van der Waals surface area (Å²) in [5, 5.41) is 0. The van der Waals surface area contributed by atoms with Crippen LogP contribution in [0.25, 0.3) is 0 Å². The summed E-state index contributed by atoms with van der Waals surface area (Å²) in [5.41, 5.74) is 5.82. The van der Waals surface area contributed by atoms with E-state index >= 15 is 0 Å². The molecule has 0 unspecified atom stereocenters. The van der Waals surface area contributed by atoms with E-state index in [0.29, 0.717) is 12.0 Å². The Bertz CT molecular complexity index is 883. The summed E-state index contributed by atoms with van der Waals surface area (Å²) < 4.78 is 29.6. The fourth-order valence-corrected chi connectivity index (χ4v) is 2.38. The summed E-state index contributed by atoms with van der Waals surface area (Å²) in [6.45, 7) is 8.65. The molecule has 0 amide bonds. The maximum Gasteiger partial charge on any atom is 0.513 e. The molecule has 1 aromatic carbocycles. The Morgan fingerprint density at radius 3 is 1.97 bits per heavy atom. The predicted octanol–water partition coefficient (Wildman–Crippen LogP) is 3.15. The normalized spacial score (nSPS) is 13.6. The lowest BCUT2D eigenvalue weighted by atomic mass is 9.90. The molecular formula is C23H33NO10. The summed E-state index contributed by atoms with van der Waals surface area (Å²) >= 11 is 0. The second kappa shape index (κ2) is 12.8. The van der Waals surface area contributed by atoms with Crippen LogP contribution in [-0.4, -0.2) is 56.7 Å². The minimum absolute atomic E-state index is 0.0125. The molecule has 0 radical (unpaired) electrons. The number of carbonyl (C=O) groups is 4. The lowest BCUT2D eigenvalue weighted by Crippen LogP contribution is -2.40. The number of esters is 2. The Morgan fingerprint density at radius 2 is 1.44 bits per heavy atom. The summed E-state index contributed by atoms with van der Waals surface area (Å²) in [4.78, 5) is 47.7. The van der Waals surface area contributed by atoms with Gasteiger partial charge in [0.15, 0.2) is 11.5 Å². The van der Waals surface area contributed by atoms with Crippen LogP contribution in [0.5, 0.6) is 11.5 Å². The van der Waals surface area contributed by atoms with Gasteiger partial charge in [-0.25, -0.2) is 9.59 Å². The van der Waals surface area contributed by atoms with Gasteiger partial charge in [-0.2, -0.15) is 0 Å². The van der Waals surface area contributed by atoms with Gasteiger partial charge < -0.3 is 34.2 Å². The van der Waals surface area contributed by atoms with E-state index in [-0.39, 0.29) is 23.9 Å². The first-order valence-corrected chi connectivity index (χ1v) is 10.7. The van der Waals surface area contributed by atoms with E-state index in [2.05, 4.69) is 9.47 Å². The molecule has 190 valence electrons. The molecule has 3 atom stereocenters. The first-order valence-electron chi connectivity index (χ1n) is 10.7. The quantitative estimate of drug-likeness (QED) is 0.297. The Kier molecular flexibility index (Phi) is 10.8.